The molecule has 1 aromatic heterocycles. The summed E-state index contributed by atoms with van der Waals surface area (Å²) >= 11 is 3.23. The third-order valence-electron chi connectivity index (χ3n) is 3.63. The molecule has 26 heavy (non-hydrogen) atoms. The van der Waals surface area contributed by atoms with E-state index in [0.717, 1.165) is 28.7 Å². The van der Waals surface area contributed by atoms with Gasteiger partial charge in [0.1, 0.15) is 22.4 Å². The number of carbonyl (C=O) groups is 1. The summed E-state index contributed by atoms with van der Waals surface area (Å²) in [5, 5.41) is 7.82. The predicted molar refractivity (Wildman–Crippen MR) is 102 cm³/mol. The number of nitrogens with zero attached hydrogens (tertiary/aromatic N) is 2. The van der Waals surface area contributed by atoms with Gasteiger partial charge in [-0.1, -0.05) is 24.3 Å². The topological polar surface area (TPSA) is 61.3 Å². The van der Waals surface area contributed by atoms with E-state index in [1.165, 1.54) is 6.08 Å². The van der Waals surface area contributed by atoms with Crippen molar-refractivity contribution in [1.82, 2.24) is 10.2 Å². The van der Waals surface area contributed by atoms with Crippen molar-refractivity contribution in [1.29, 1.82) is 0 Å². The second kappa shape index (κ2) is 8.40. The molecule has 0 fully saturated rings. The first kappa shape index (κ1) is 17.8. The Balaban J connectivity index is 1.83. The predicted octanol–water partition coefficient (Wildman–Crippen LogP) is 4.67. The molecule has 0 N–H and O–H groups in total. The number of hydrogen-bond acceptors (Lipinski definition) is 5. The first-order chi connectivity index (χ1) is 12.7. The summed E-state index contributed by atoms with van der Waals surface area (Å²) in [6, 6.07) is 18.4. The van der Waals surface area contributed by atoms with Gasteiger partial charge in [-0.3, -0.25) is 4.79 Å². The van der Waals surface area contributed by atoms with Gasteiger partial charge in [-0.05, 0) is 69.0 Å². The lowest BCUT2D eigenvalue weighted by molar-refractivity contribution is -0.104. The van der Waals surface area contributed by atoms with E-state index in [-0.39, 0.29) is 0 Å². The van der Waals surface area contributed by atoms with Crippen LogP contribution in [-0.2, 0) is 4.79 Å². The van der Waals surface area contributed by atoms with Gasteiger partial charge in [-0.25, -0.2) is 0 Å². The molecule has 6 heteroatoms. The van der Waals surface area contributed by atoms with Crippen molar-refractivity contribution in [3.63, 3.8) is 0 Å². The molecule has 3 aromatic rings. The van der Waals surface area contributed by atoms with Gasteiger partial charge in [0.25, 0.3) is 0 Å². The molecule has 0 aliphatic carbocycles. The normalized spacial score (nSPS) is 11.1. The van der Waals surface area contributed by atoms with Crippen LogP contribution >= 0.6 is 15.9 Å². The highest BCUT2D eigenvalue weighted by molar-refractivity contribution is 9.10. The molecule has 0 bridgehead atoms. The zero-order chi connectivity index (χ0) is 18.4. The highest BCUT2D eigenvalue weighted by Gasteiger charge is 2.07. The third-order valence-corrected chi connectivity index (χ3v) is 4.05. The standard InChI is InChI=1S/C20H15BrN2O3/c1-25-16-6-2-14(3-7-16)18(12-13-24)15-4-8-17(9-5-15)26-20-11-10-19(21)22-23-20/h2-13H,1H3/b18-12-. The zero-order valence-corrected chi connectivity index (χ0v) is 15.5. The molecule has 0 aliphatic heterocycles. The fourth-order valence-electron chi connectivity index (χ4n) is 2.38. The minimum Gasteiger partial charge on any atom is -0.497 e. The lowest BCUT2D eigenvalue weighted by Gasteiger charge is -2.10. The molecule has 130 valence electrons. The second-order valence-corrected chi connectivity index (χ2v) is 6.08. The van der Waals surface area contributed by atoms with Crippen molar-refractivity contribution < 1.29 is 14.3 Å². The Morgan fingerprint density at radius 3 is 2.00 bits per heavy atom. The van der Waals surface area contributed by atoms with Crippen LogP contribution < -0.4 is 9.47 Å². The van der Waals surface area contributed by atoms with Crippen LogP contribution in [0.3, 0.4) is 0 Å². The van der Waals surface area contributed by atoms with Crippen molar-refractivity contribution in [3.05, 3.63) is 82.5 Å². The molecule has 2 aromatic carbocycles. The summed E-state index contributed by atoms with van der Waals surface area (Å²) in [4.78, 5) is 11.1. The Morgan fingerprint density at radius 1 is 0.885 bits per heavy atom. The number of benzene rings is 2. The summed E-state index contributed by atoms with van der Waals surface area (Å²) in [7, 11) is 1.62. The van der Waals surface area contributed by atoms with Crippen molar-refractivity contribution in [2.75, 3.05) is 7.11 Å². The van der Waals surface area contributed by atoms with Gasteiger partial charge in [-0.15, -0.1) is 10.2 Å². The smallest absolute Gasteiger partial charge is 0.238 e. The van der Waals surface area contributed by atoms with Crippen molar-refractivity contribution >= 4 is 27.8 Å². The third kappa shape index (κ3) is 4.34. The van der Waals surface area contributed by atoms with Crippen LogP contribution in [0.1, 0.15) is 11.1 Å². The molecule has 0 saturated carbocycles. The van der Waals surface area contributed by atoms with E-state index >= 15 is 0 Å². The molecule has 0 atom stereocenters. The molecule has 0 saturated heterocycles. The van der Waals surface area contributed by atoms with E-state index in [4.69, 9.17) is 9.47 Å². The summed E-state index contributed by atoms with van der Waals surface area (Å²) in [5.41, 5.74) is 2.64. The Bertz CT molecular complexity index is 905. The van der Waals surface area contributed by atoms with Crippen molar-refractivity contribution in [3.8, 4) is 17.4 Å². The quantitative estimate of drug-likeness (QED) is 0.436. The van der Waals surface area contributed by atoms with Crippen molar-refractivity contribution in [2.45, 2.75) is 0 Å². The fourth-order valence-corrected chi connectivity index (χ4v) is 2.59. The summed E-state index contributed by atoms with van der Waals surface area (Å²) < 4.78 is 11.5. The van der Waals surface area contributed by atoms with Crippen LogP contribution in [0.2, 0.25) is 0 Å². The van der Waals surface area contributed by atoms with Gasteiger partial charge in [0, 0.05) is 6.07 Å². The number of aldehydes is 1. The van der Waals surface area contributed by atoms with Crippen LogP contribution in [0.5, 0.6) is 17.4 Å². The average molecular weight is 411 g/mol. The zero-order valence-electron chi connectivity index (χ0n) is 13.9. The molecular formula is C20H15BrN2O3. The minimum absolute atomic E-state index is 0.403. The molecule has 0 amide bonds. The summed E-state index contributed by atoms with van der Waals surface area (Å²) in [6.07, 6.45) is 2.32. The number of hydrogen-bond donors (Lipinski definition) is 0. The maximum atomic E-state index is 11.1. The number of ether oxygens (including phenoxy) is 2. The fraction of sp³-hybridized carbons (Fsp3) is 0.0500. The van der Waals surface area contributed by atoms with Crippen LogP contribution in [0.15, 0.2) is 71.3 Å². The highest BCUT2D eigenvalue weighted by atomic mass is 79.9. The van der Waals surface area contributed by atoms with Gasteiger partial charge in [0.05, 0.1) is 7.11 Å². The van der Waals surface area contributed by atoms with E-state index in [1.54, 1.807) is 19.2 Å². The maximum Gasteiger partial charge on any atom is 0.238 e. The number of allylic oxidation sites excluding steroid dienone is 1. The van der Waals surface area contributed by atoms with E-state index in [1.807, 2.05) is 48.5 Å². The van der Waals surface area contributed by atoms with E-state index in [0.29, 0.717) is 16.2 Å². The molecule has 5 nitrogen and oxygen atoms in total. The second-order valence-electron chi connectivity index (χ2n) is 5.27. The van der Waals surface area contributed by atoms with Crippen molar-refractivity contribution in [2.24, 2.45) is 0 Å². The molecule has 0 unspecified atom stereocenters. The van der Waals surface area contributed by atoms with Crippen LogP contribution in [0.4, 0.5) is 0 Å². The maximum absolute atomic E-state index is 11.1. The molecule has 1 heterocycles. The summed E-state index contributed by atoms with van der Waals surface area (Å²) in [5.74, 6) is 1.80. The number of rotatable bonds is 6. The first-order valence-electron chi connectivity index (χ1n) is 7.77. The number of halogens is 1. The lowest BCUT2D eigenvalue weighted by atomic mass is 9.97. The summed E-state index contributed by atoms with van der Waals surface area (Å²) in [6.45, 7) is 0. The van der Waals surface area contributed by atoms with Gasteiger partial charge >= 0.3 is 0 Å². The number of aromatic nitrogens is 2. The Kier molecular flexibility index (Phi) is 5.76. The lowest BCUT2D eigenvalue weighted by Crippen LogP contribution is -1.92. The molecular weight excluding hydrogens is 396 g/mol. The van der Waals surface area contributed by atoms with E-state index in [2.05, 4.69) is 26.1 Å². The van der Waals surface area contributed by atoms with Crippen LogP contribution in [-0.4, -0.2) is 23.6 Å². The molecule has 0 aliphatic rings. The van der Waals surface area contributed by atoms with Gasteiger partial charge < -0.3 is 9.47 Å². The number of carbonyl (C=O) groups excluding carboxylic acids is 1. The number of methoxy groups -OCH3 is 1. The SMILES string of the molecule is COc1ccc(/C(=C/C=O)c2ccc(Oc3ccc(Br)nn3)cc2)cc1. The Morgan fingerprint density at radius 2 is 1.50 bits per heavy atom. The van der Waals surface area contributed by atoms with Gasteiger partial charge in [0.15, 0.2) is 0 Å². The Labute approximate surface area is 159 Å². The average Bonchev–Trinajstić information content (AvgIpc) is 2.69. The first-order valence-corrected chi connectivity index (χ1v) is 8.56. The van der Waals surface area contributed by atoms with Crippen LogP contribution in [0, 0.1) is 0 Å². The Hall–Kier alpha value is -2.99. The largest absolute Gasteiger partial charge is 0.497 e. The van der Waals surface area contributed by atoms with E-state index in [9.17, 15) is 4.79 Å². The minimum atomic E-state index is 0.403. The molecule has 3 rings (SSSR count). The van der Waals surface area contributed by atoms with Gasteiger partial charge in [0.2, 0.25) is 5.88 Å². The molecule has 0 spiro atoms. The highest BCUT2D eigenvalue weighted by Crippen LogP contribution is 2.27. The van der Waals surface area contributed by atoms with Crippen LogP contribution in [0.25, 0.3) is 5.57 Å². The van der Waals surface area contributed by atoms with Gasteiger partial charge in [-0.2, -0.15) is 0 Å². The van der Waals surface area contributed by atoms with E-state index < -0.39 is 0 Å². The molecule has 0 radical (unpaired) electrons. The monoisotopic (exact) mass is 410 g/mol.